The standard InChI is InChI=1S/C7H5BrF2O2S/c8-4-13(11,12)7-2-1-5(9)3-6(7)10/h1-3H,4H2. The van der Waals surface area contributed by atoms with E-state index in [4.69, 9.17) is 0 Å². The first-order valence-electron chi connectivity index (χ1n) is 3.21. The minimum atomic E-state index is -3.67. The first-order valence-corrected chi connectivity index (χ1v) is 5.98. The summed E-state index contributed by atoms with van der Waals surface area (Å²) < 4.78 is 47.1. The Hall–Kier alpha value is -0.490. The van der Waals surface area contributed by atoms with Crippen LogP contribution in [0.5, 0.6) is 0 Å². The molecule has 1 aromatic carbocycles. The lowest BCUT2D eigenvalue weighted by Gasteiger charge is -2.01. The molecule has 0 atom stereocenters. The molecule has 0 unspecified atom stereocenters. The highest BCUT2D eigenvalue weighted by molar-refractivity contribution is 9.10. The molecule has 0 heterocycles. The molecule has 0 spiro atoms. The summed E-state index contributed by atoms with van der Waals surface area (Å²) in [5, 5.41) is 0. The van der Waals surface area contributed by atoms with Gasteiger partial charge in [0.05, 0.1) is 0 Å². The molecule has 6 heteroatoms. The van der Waals surface area contributed by atoms with Gasteiger partial charge in [0, 0.05) is 6.07 Å². The van der Waals surface area contributed by atoms with Crippen LogP contribution in [-0.2, 0) is 9.84 Å². The molecule has 13 heavy (non-hydrogen) atoms. The van der Waals surface area contributed by atoms with E-state index in [1.54, 1.807) is 0 Å². The van der Waals surface area contributed by atoms with Crippen molar-refractivity contribution in [2.75, 3.05) is 4.66 Å². The molecule has 0 amide bonds. The lowest BCUT2D eigenvalue weighted by molar-refractivity contribution is 0.551. The van der Waals surface area contributed by atoms with Crippen LogP contribution in [0.3, 0.4) is 0 Å². The van der Waals surface area contributed by atoms with Crippen LogP contribution in [0.2, 0.25) is 0 Å². The van der Waals surface area contributed by atoms with E-state index in [0.29, 0.717) is 6.07 Å². The SMILES string of the molecule is O=S(=O)(CBr)c1ccc(F)cc1F. The van der Waals surface area contributed by atoms with Crippen molar-refractivity contribution in [3.8, 4) is 0 Å². The van der Waals surface area contributed by atoms with Crippen molar-refractivity contribution >= 4 is 25.8 Å². The lowest BCUT2D eigenvalue weighted by Crippen LogP contribution is -2.04. The summed E-state index contributed by atoms with van der Waals surface area (Å²) in [6.07, 6.45) is 0. The van der Waals surface area contributed by atoms with Gasteiger partial charge in [-0.05, 0) is 12.1 Å². The first-order chi connectivity index (χ1) is 5.97. The first kappa shape index (κ1) is 10.6. The Morgan fingerprint density at radius 2 is 1.92 bits per heavy atom. The maximum absolute atomic E-state index is 12.9. The third-order valence-corrected chi connectivity index (χ3v) is 4.47. The maximum atomic E-state index is 12.9. The van der Waals surface area contributed by atoms with Gasteiger partial charge in [0.1, 0.15) is 21.2 Å². The predicted molar refractivity (Wildman–Crippen MR) is 47.3 cm³/mol. The minimum Gasteiger partial charge on any atom is -0.223 e. The highest BCUT2D eigenvalue weighted by Crippen LogP contribution is 2.17. The molecule has 0 aliphatic heterocycles. The van der Waals surface area contributed by atoms with Gasteiger partial charge in [-0.3, -0.25) is 0 Å². The maximum Gasteiger partial charge on any atom is 0.191 e. The number of rotatable bonds is 2. The largest absolute Gasteiger partial charge is 0.223 e. The summed E-state index contributed by atoms with van der Waals surface area (Å²) in [7, 11) is -3.67. The fraction of sp³-hybridized carbons (Fsp3) is 0.143. The van der Waals surface area contributed by atoms with Gasteiger partial charge in [-0.15, -0.1) is 0 Å². The molecule has 1 aromatic rings. The number of hydrogen-bond acceptors (Lipinski definition) is 2. The number of hydrogen-bond donors (Lipinski definition) is 0. The molecular weight excluding hydrogens is 266 g/mol. The van der Waals surface area contributed by atoms with E-state index >= 15 is 0 Å². The van der Waals surface area contributed by atoms with E-state index in [0.717, 1.165) is 12.1 Å². The quantitative estimate of drug-likeness (QED) is 0.609. The van der Waals surface area contributed by atoms with Crippen LogP contribution >= 0.6 is 15.9 Å². The van der Waals surface area contributed by atoms with Crippen molar-refractivity contribution in [2.24, 2.45) is 0 Å². The van der Waals surface area contributed by atoms with Crippen molar-refractivity contribution in [3.63, 3.8) is 0 Å². The third kappa shape index (κ3) is 2.25. The summed E-state index contributed by atoms with van der Waals surface area (Å²) in [6, 6.07) is 2.34. The molecule has 0 aliphatic rings. The number of sulfone groups is 1. The van der Waals surface area contributed by atoms with Crippen molar-refractivity contribution in [2.45, 2.75) is 4.90 Å². The number of halogens is 3. The van der Waals surface area contributed by atoms with Crippen LogP contribution in [0.25, 0.3) is 0 Å². The summed E-state index contributed by atoms with van der Waals surface area (Å²) in [5.74, 6) is -1.87. The third-order valence-electron chi connectivity index (χ3n) is 1.37. The van der Waals surface area contributed by atoms with Crippen molar-refractivity contribution in [3.05, 3.63) is 29.8 Å². The summed E-state index contributed by atoms with van der Waals surface area (Å²) in [6.45, 7) is 0. The van der Waals surface area contributed by atoms with Gasteiger partial charge in [0.25, 0.3) is 0 Å². The van der Waals surface area contributed by atoms with Gasteiger partial charge in [0.2, 0.25) is 0 Å². The Bertz CT molecular complexity index is 417. The van der Waals surface area contributed by atoms with E-state index in [-0.39, 0.29) is 4.66 Å². The van der Waals surface area contributed by atoms with Crippen molar-refractivity contribution in [1.82, 2.24) is 0 Å². The van der Waals surface area contributed by atoms with Gasteiger partial charge in [-0.1, -0.05) is 15.9 Å². The Kier molecular flexibility index (Phi) is 3.02. The predicted octanol–water partition coefficient (Wildman–Crippen LogP) is 2.09. The lowest BCUT2D eigenvalue weighted by atomic mass is 10.3. The van der Waals surface area contributed by atoms with Gasteiger partial charge >= 0.3 is 0 Å². The molecule has 2 nitrogen and oxygen atoms in total. The van der Waals surface area contributed by atoms with Gasteiger partial charge in [-0.2, -0.15) is 0 Å². The highest BCUT2D eigenvalue weighted by Gasteiger charge is 2.17. The van der Waals surface area contributed by atoms with Gasteiger partial charge in [0.15, 0.2) is 9.84 Å². The van der Waals surface area contributed by atoms with E-state index in [1.807, 2.05) is 0 Å². The summed E-state index contributed by atoms with van der Waals surface area (Å²) >= 11 is 2.71. The average Bonchev–Trinajstić information content (AvgIpc) is 2.03. The Labute approximate surface area is 82.6 Å². The Balaban J connectivity index is 3.33. The molecule has 0 saturated carbocycles. The molecular formula is C7H5BrF2O2S. The van der Waals surface area contributed by atoms with Gasteiger partial charge < -0.3 is 0 Å². The normalized spacial score (nSPS) is 11.6. The van der Waals surface area contributed by atoms with Gasteiger partial charge in [-0.25, -0.2) is 17.2 Å². The summed E-state index contributed by atoms with van der Waals surface area (Å²) in [4.78, 5) is -0.495. The number of alkyl halides is 1. The zero-order chi connectivity index (χ0) is 10.1. The molecule has 0 radical (unpaired) electrons. The molecule has 0 aromatic heterocycles. The Morgan fingerprint density at radius 3 is 2.38 bits per heavy atom. The number of benzene rings is 1. The van der Waals surface area contributed by atoms with Crippen molar-refractivity contribution < 1.29 is 17.2 Å². The monoisotopic (exact) mass is 270 g/mol. The molecule has 0 N–H and O–H groups in total. The molecule has 0 fully saturated rings. The zero-order valence-electron chi connectivity index (χ0n) is 6.30. The molecule has 0 bridgehead atoms. The van der Waals surface area contributed by atoms with E-state index in [2.05, 4.69) is 15.9 Å². The van der Waals surface area contributed by atoms with E-state index in [1.165, 1.54) is 0 Å². The van der Waals surface area contributed by atoms with Crippen LogP contribution < -0.4 is 0 Å². The highest BCUT2D eigenvalue weighted by atomic mass is 79.9. The molecule has 0 aliphatic carbocycles. The minimum absolute atomic E-state index is 0.386. The van der Waals surface area contributed by atoms with E-state index < -0.39 is 26.4 Å². The van der Waals surface area contributed by atoms with Crippen LogP contribution in [0.15, 0.2) is 23.1 Å². The molecule has 1 rings (SSSR count). The average molecular weight is 271 g/mol. The second-order valence-corrected chi connectivity index (χ2v) is 5.56. The second kappa shape index (κ2) is 3.71. The zero-order valence-corrected chi connectivity index (χ0v) is 8.70. The van der Waals surface area contributed by atoms with Crippen LogP contribution in [0.1, 0.15) is 0 Å². The fourth-order valence-electron chi connectivity index (χ4n) is 0.786. The van der Waals surface area contributed by atoms with Crippen LogP contribution in [0, 0.1) is 11.6 Å². The second-order valence-electron chi connectivity index (χ2n) is 2.30. The topological polar surface area (TPSA) is 34.1 Å². The fourth-order valence-corrected chi connectivity index (χ4v) is 2.28. The van der Waals surface area contributed by atoms with Crippen molar-refractivity contribution in [1.29, 1.82) is 0 Å². The molecule has 0 saturated heterocycles. The Morgan fingerprint density at radius 1 is 1.31 bits per heavy atom. The summed E-state index contributed by atoms with van der Waals surface area (Å²) in [5.41, 5.74) is 0. The smallest absolute Gasteiger partial charge is 0.191 e. The van der Waals surface area contributed by atoms with Crippen LogP contribution in [-0.4, -0.2) is 13.1 Å². The van der Waals surface area contributed by atoms with E-state index in [9.17, 15) is 17.2 Å². The van der Waals surface area contributed by atoms with Crippen LogP contribution in [0.4, 0.5) is 8.78 Å². The molecule has 72 valence electrons.